The first-order valence-electron chi connectivity index (χ1n) is 10.3. The number of unbranched alkanes of at least 4 members (excludes halogenated alkanes) is 2. The minimum Gasteiger partial charge on any atom is -0.550 e. The van der Waals surface area contributed by atoms with Gasteiger partial charge in [0.25, 0.3) is 5.56 Å². The van der Waals surface area contributed by atoms with Gasteiger partial charge in [0.1, 0.15) is 5.52 Å². The van der Waals surface area contributed by atoms with Crippen molar-refractivity contribution < 1.29 is 14.7 Å². The van der Waals surface area contributed by atoms with Crippen molar-refractivity contribution in [2.45, 2.75) is 57.9 Å². The summed E-state index contributed by atoms with van der Waals surface area (Å²) in [6.45, 7) is 1.10. The van der Waals surface area contributed by atoms with Gasteiger partial charge in [-0.3, -0.25) is 9.59 Å². The third kappa shape index (κ3) is 5.85. The lowest BCUT2D eigenvalue weighted by molar-refractivity contribution is -0.312. The fraction of sp³-hybridized carbons (Fsp3) is 0.571. The molecule has 1 amide bonds. The molecule has 0 radical (unpaired) electrons. The number of fused-ring (bicyclic) bond motifs is 1. The second-order valence-electron chi connectivity index (χ2n) is 7.79. The predicted octanol–water partition coefficient (Wildman–Crippen LogP) is 1.02. The SMILES string of the molecule is O=C(CCCCCn1nnc2ccccc2c1=O)NCC1CCC(C(=O)[O-])CC1. The van der Waals surface area contributed by atoms with Crippen LogP contribution in [0.4, 0.5) is 0 Å². The maximum absolute atomic E-state index is 12.4. The number of carboxylic acids is 1. The van der Waals surface area contributed by atoms with Crippen LogP contribution in [-0.2, 0) is 16.1 Å². The number of hydrogen-bond donors (Lipinski definition) is 1. The summed E-state index contributed by atoms with van der Waals surface area (Å²) in [6.07, 6.45) is 5.70. The topological polar surface area (TPSA) is 117 Å². The Bertz CT molecular complexity index is 903. The van der Waals surface area contributed by atoms with Gasteiger partial charge < -0.3 is 15.2 Å². The number of aromatic nitrogens is 3. The van der Waals surface area contributed by atoms with Gasteiger partial charge in [-0.1, -0.05) is 23.8 Å². The summed E-state index contributed by atoms with van der Waals surface area (Å²) in [6, 6.07) is 7.15. The molecule has 0 saturated heterocycles. The molecule has 0 unspecified atom stereocenters. The molecular formula is C21H27N4O4-. The molecule has 0 atom stereocenters. The average Bonchev–Trinajstić information content (AvgIpc) is 2.74. The molecule has 156 valence electrons. The molecule has 0 aliphatic heterocycles. The highest BCUT2D eigenvalue weighted by Crippen LogP contribution is 2.27. The number of carbonyl (C=O) groups excluding carboxylic acids is 2. The Morgan fingerprint density at radius 1 is 1.10 bits per heavy atom. The van der Waals surface area contributed by atoms with E-state index in [1.54, 1.807) is 12.1 Å². The number of nitrogens with one attached hydrogen (secondary N) is 1. The second kappa shape index (κ2) is 10.1. The van der Waals surface area contributed by atoms with Gasteiger partial charge in [-0.2, -0.15) is 0 Å². The number of aliphatic carboxylic acids is 1. The number of carboxylic acid groups (broad SMARTS) is 1. The van der Waals surface area contributed by atoms with Crippen LogP contribution in [0.1, 0.15) is 51.4 Å². The van der Waals surface area contributed by atoms with Crippen LogP contribution in [0.5, 0.6) is 0 Å². The Balaban J connectivity index is 1.31. The summed E-state index contributed by atoms with van der Waals surface area (Å²) in [5.41, 5.74) is 0.459. The maximum atomic E-state index is 12.4. The number of rotatable bonds is 9. The van der Waals surface area contributed by atoms with Gasteiger partial charge in [0.15, 0.2) is 0 Å². The van der Waals surface area contributed by atoms with Crippen LogP contribution in [0.15, 0.2) is 29.1 Å². The molecule has 1 aliphatic carbocycles. The third-order valence-electron chi connectivity index (χ3n) is 5.67. The lowest BCUT2D eigenvalue weighted by Crippen LogP contribution is -2.36. The van der Waals surface area contributed by atoms with Crippen LogP contribution in [0.3, 0.4) is 0 Å². The lowest BCUT2D eigenvalue weighted by atomic mass is 9.82. The molecule has 0 bridgehead atoms. The largest absolute Gasteiger partial charge is 0.550 e. The minimum absolute atomic E-state index is 0.0229. The van der Waals surface area contributed by atoms with E-state index in [0.29, 0.717) is 49.2 Å². The number of hydrogen-bond acceptors (Lipinski definition) is 6. The molecule has 29 heavy (non-hydrogen) atoms. The van der Waals surface area contributed by atoms with E-state index in [4.69, 9.17) is 0 Å². The zero-order valence-corrected chi connectivity index (χ0v) is 16.5. The Kier molecular flexibility index (Phi) is 7.32. The fourth-order valence-electron chi connectivity index (χ4n) is 3.84. The number of amides is 1. The Morgan fingerprint density at radius 2 is 1.86 bits per heavy atom. The highest BCUT2D eigenvalue weighted by Gasteiger charge is 2.22. The van der Waals surface area contributed by atoms with Crippen molar-refractivity contribution in [3.05, 3.63) is 34.6 Å². The van der Waals surface area contributed by atoms with Gasteiger partial charge >= 0.3 is 0 Å². The molecule has 1 heterocycles. The second-order valence-corrected chi connectivity index (χ2v) is 7.79. The van der Waals surface area contributed by atoms with Crippen molar-refractivity contribution in [3.63, 3.8) is 0 Å². The molecular weight excluding hydrogens is 372 g/mol. The monoisotopic (exact) mass is 399 g/mol. The van der Waals surface area contributed by atoms with Crippen LogP contribution < -0.4 is 16.0 Å². The Labute approximate surface area is 169 Å². The quantitative estimate of drug-likeness (QED) is 0.629. The van der Waals surface area contributed by atoms with E-state index in [9.17, 15) is 19.5 Å². The first-order valence-corrected chi connectivity index (χ1v) is 10.3. The van der Waals surface area contributed by atoms with Crippen molar-refractivity contribution in [1.82, 2.24) is 20.3 Å². The van der Waals surface area contributed by atoms with Crippen LogP contribution in [0.25, 0.3) is 10.9 Å². The fourth-order valence-corrected chi connectivity index (χ4v) is 3.84. The first-order chi connectivity index (χ1) is 14.0. The molecule has 2 aromatic rings. The van der Waals surface area contributed by atoms with Crippen molar-refractivity contribution in [1.29, 1.82) is 0 Å². The van der Waals surface area contributed by atoms with E-state index in [2.05, 4.69) is 15.6 Å². The zero-order chi connectivity index (χ0) is 20.6. The molecule has 1 N–H and O–H groups in total. The van der Waals surface area contributed by atoms with Gasteiger partial charge in [-0.05, 0) is 62.5 Å². The normalized spacial score (nSPS) is 19.2. The highest BCUT2D eigenvalue weighted by atomic mass is 16.4. The zero-order valence-electron chi connectivity index (χ0n) is 16.5. The lowest BCUT2D eigenvalue weighted by Gasteiger charge is -2.29. The van der Waals surface area contributed by atoms with Crippen LogP contribution in [0, 0.1) is 11.8 Å². The van der Waals surface area contributed by atoms with Crippen molar-refractivity contribution in [2.24, 2.45) is 11.8 Å². The van der Waals surface area contributed by atoms with Crippen molar-refractivity contribution in [2.75, 3.05) is 6.54 Å². The summed E-state index contributed by atoms with van der Waals surface area (Å²) in [7, 11) is 0. The third-order valence-corrected chi connectivity index (χ3v) is 5.67. The summed E-state index contributed by atoms with van der Waals surface area (Å²) in [5.74, 6) is -0.909. The number of carbonyl (C=O) groups is 2. The highest BCUT2D eigenvalue weighted by molar-refractivity contribution is 5.76. The smallest absolute Gasteiger partial charge is 0.277 e. The van der Waals surface area contributed by atoms with Crippen LogP contribution >= 0.6 is 0 Å². The molecule has 1 aromatic heterocycles. The van der Waals surface area contributed by atoms with E-state index < -0.39 is 5.97 Å². The van der Waals surface area contributed by atoms with E-state index in [1.807, 2.05) is 12.1 Å². The molecule has 3 rings (SSSR count). The summed E-state index contributed by atoms with van der Waals surface area (Å²) in [4.78, 5) is 35.2. The van der Waals surface area contributed by atoms with Gasteiger partial charge in [0, 0.05) is 25.5 Å². The summed E-state index contributed by atoms with van der Waals surface area (Å²) >= 11 is 0. The predicted molar refractivity (Wildman–Crippen MR) is 106 cm³/mol. The average molecular weight is 399 g/mol. The molecule has 8 heteroatoms. The molecule has 0 spiro atoms. The Morgan fingerprint density at radius 3 is 2.62 bits per heavy atom. The summed E-state index contributed by atoms with van der Waals surface area (Å²) < 4.78 is 1.38. The van der Waals surface area contributed by atoms with Crippen molar-refractivity contribution >= 4 is 22.8 Å². The van der Waals surface area contributed by atoms with Crippen molar-refractivity contribution in [3.8, 4) is 0 Å². The van der Waals surface area contributed by atoms with E-state index in [0.717, 1.165) is 32.1 Å². The molecule has 1 fully saturated rings. The number of nitrogens with zero attached hydrogens (tertiary/aromatic N) is 3. The van der Waals surface area contributed by atoms with E-state index in [1.165, 1.54) is 4.68 Å². The maximum Gasteiger partial charge on any atom is 0.277 e. The van der Waals surface area contributed by atoms with Crippen LogP contribution in [0.2, 0.25) is 0 Å². The van der Waals surface area contributed by atoms with Crippen LogP contribution in [-0.4, -0.2) is 33.4 Å². The molecule has 8 nitrogen and oxygen atoms in total. The van der Waals surface area contributed by atoms with Gasteiger partial charge in [-0.25, -0.2) is 4.68 Å². The van der Waals surface area contributed by atoms with Gasteiger partial charge in [0.05, 0.1) is 5.39 Å². The molecule has 1 saturated carbocycles. The Hall–Kier alpha value is -2.77. The van der Waals surface area contributed by atoms with Gasteiger partial charge in [0.2, 0.25) is 5.91 Å². The first kappa shape index (κ1) is 21.0. The standard InChI is InChI=1S/C21H28N4O4/c26-19(22-14-15-9-11-16(12-10-15)21(28)29)8-2-1-5-13-25-20(27)17-6-3-4-7-18(17)23-24-25/h3-4,6-7,15-16H,1-2,5,8-14H2,(H,22,26)(H,28,29)/p-1. The van der Waals surface area contributed by atoms with E-state index >= 15 is 0 Å². The molecule has 1 aromatic carbocycles. The number of aryl methyl sites for hydroxylation is 1. The summed E-state index contributed by atoms with van der Waals surface area (Å²) in [5, 5.41) is 22.4. The minimum atomic E-state index is -0.954. The van der Waals surface area contributed by atoms with E-state index in [-0.39, 0.29) is 17.4 Å². The molecule has 1 aliphatic rings. The number of benzene rings is 1. The van der Waals surface area contributed by atoms with Gasteiger partial charge in [-0.15, -0.1) is 5.10 Å².